The number of para-hydroxylation sites is 2. The lowest BCUT2D eigenvalue weighted by Gasteiger charge is -2.23. The van der Waals surface area contributed by atoms with Crippen molar-refractivity contribution in [1.29, 1.82) is 0 Å². The lowest BCUT2D eigenvalue weighted by Crippen LogP contribution is -2.41. The lowest BCUT2D eigenvalue weighted by molar-refractivity contribution is -0.383. The number of nitrogens with zero attached hydrogens (tertiary/aromatic N) is 2. The van der Waals surface area contributed by atoms with Crippen molar-refractivity contribution in [3.8, 4) is 0 Å². The summed E-state index contributed by atoms with van der Waals surface area (Å²) < 4.78 is 0. The highest BCUT2D eigenvalue weighted by Crippen LogP contribution is 2.28. The first-order valence-corrected chi connectivity index (χ1v) is 8.56. The number of hydrogen-bond donors (Lipinski definition) is 2. The standard InChI is InChI=1S/C19H22N4O3/c1-13(19(24)21-17-9-5-6-10-18(17)23(25)26)22-11-15(16(20)12-22)14-7-3-2-4-8-14/h2-10,13,15-16H,11-12,20H2,1H3,(H,21,24)/t13?,15-,16+/m0/s1. The molecule has 0 aromatic heterocycles. The summed E-state index contributed by atoms with van der Waals surface area (Å²) in [5, 5.41) is 13.8. The Bertz CT molecular complexity index is 796. The minimum atomic E-state index is -0.502. The molecule has 0 aliphatic carbocycles. The summed E-state index contributed by atoms with van der Waals surface area (Å²) in [4.78, 5) is 25.2. The molecule has 3 N–H and O–H groups in total. The van der Waals surface area contributed by atoms with Gasteiger partial charge in [-0.2, -0.15) is 0 Å². The SMILES string of the molecule is CC(C(=O)Nc1ccccc1[N+](=O)[O-])N1C[C@@H](N)[C@H](c2ccccc2)C1. The summed E-state index contributed by atoms with van der Waals surface area (Å²) in [5.41, 5.74) is 7.54. The van der Waals surface area contributed by atoms with Crippen LogP contribution in [0.1, 0.15) is 18.4 Å². The van der Waals surface area contributed by atoms with Crippen LogP contribution in [0.15, 0.2) is 54.6 Å². The molecule has 1 unspecified atom stereocenters. The van der Waals surface area contributed by atoms with Crippen LogP contribution in [0.4, 0.5) is 11.4 Å². The second kappa shape index (κ2) is 7.63. The maximum atomic E-state index is 12.6. The van der Waals surface area contributed by atoms with Gasteiger partial charge in [0, 0.05) is 31.1 Å². The Labute approximate surface area is 152 Å². The molecule has 2 aromatic rings. The van der Waals surface area contributed by atoms with Crippen molar-refractivity contribution in [2.24, 2.45) is 5.73 Å². The van der Waals surface area contributed by atoms with Gasteiger partial charge in [0.2, 0.25) is 5.91 Å². The lowest BCUT2D eigenvalue weighted by atomic mass is 9.95. The monoisotopic (exact) mass is 354 g/mol. The highest BCUT2D eigenvalue weighted by atomic mass is 16.6. The van der Waals surface area contributed by atoms with E-state index < -0.39 is 11.0 Å². The second-order valence-electron chi connectivity index (χ2n) is 6.57. The molecule has 1 amide bonds. The van der Waals surface area contributed by atoms with Crippen LogP contribution >= 0.6 is 0 Å². The molecule has 1 fully saturated rings. The van der Waals surface area contributed by atoms with Gasteiger partial charge in [-0.15, -0.1) is 0 Å². The van der Waals surface area contributed by atoms with Gasteiger partial charge in [-0.3, -0.25) is 19.8 Å². The Morgan fingerprint density at radius 1 is 1.19 bits per heavy atom. The van der Waals surface area contributed by atoms with Crippen LogP contribution in [0.5, 0.6) is 0 Å². The summed E-state index contributed by atoms with van der Waals surface area (Å²) in [5.74, 6) is -0.113. The normalized spacial score (nSPS) is 21.3. The van der Waals surface area contributed by atoms with Crippen LogP contribution in [-0.2, 0) is 4.79 Å². The molecule has 1 heterocycles. The molecule has 7 heteroatoms. The van der Waals surface area contributed by atoms with Gasteiger partial charge >= 0.3 is 0 Å². The number of amides is 1. The predicted octanol–water partition coefficient (Wildman–Crippen LogP) is 2.35. The van der Waals surface area contributed by atoms with E-state index in [1.807, 2.05) is 35.2 Å². The molecular weight excluding hydrogens is 332 g/mol. The Hall–Kier alpha value is -2.77. The number of nitro groups is 1. The van der Waals surface area contributed by atoms with E-state index in [0.717, 1.165) is 5.56 Å². The molecule has 3 atom stereocenters. The third-order valence-electron chi connectivity index (χ3n) is 4.91. The van der Waals surface area contributed by atoms with E-state index in [1.165, 1.54) is 12.1 Å². The molecule has 1 aliphatic heterocycles. The van der Waals surface area contributed by atoms with E-state index in [4.69, 9.17) is 5.73 Å². The Morgan fingerprint density at radius 3 is 2.54 bits per heavy atom. The highest BCUT2D eigenvalue weighted by molar-refractivity contribution is 5.96. The fourth-order valence-corrected chi connectivity index (χ4v) is 3.37. The number of carbonyl (C=O) groups is 1. The van der Waals surface area contributed by atoms with Gasteiger partial charge in [-0.25, -0.2) is 0 Å². The molecule has 0 radical (unpaired) electrons. The quantitative estimate of drug-likeness (QED) is 0.634. The molecule has 0 spiro atoms. The molecular formula is C19H22N4O3. The van der Waals surface area contributed by atoms with Crippen LogP contribution in [0.25, 0.3) is 0 Å². The number of hydrogen-bond acceptors (Lipinski definition) is 5. The summed E-state index contributed by atoms with van der Waals surface area (Å²) in [6.45, 7) is 3.08. The highest BCUT2D eigenvalue weighted by Gasteiger charge is 2.36. The third-order valence-corrected chi connectivity index (χ3v) is 4.91. The third kappa shape index (κ3) is 3.74. The number of likely N-dealkylation sites (tertiary alicyclic amines) is 1. The molecule has 0 bridgehead atoms. The van der Waals surface area contributed by atoms with Crippen molar-refractivity contribution in [3.63, 3.8) is 0 Å². The van der Waals surface area contributed by atoms with Gasteiger partial charge in [0.05, 0.1) is 11.0 Å². The van der Waals surface area contributed by atoms with E-state index in [0.29, 0.717) is 13.1 Å². The minimum Gasteiger partial charge on any atom is -0.326 e. The molecule has 3 rings (SSSR count). The summed E-state index contributed by atoms with van der Waals surface area (Å²) >= 11 is 0. The van der Waals surface area contributed by atoms with Crippen molar-refractivity contribution < 1.29 is 9.72 Å². The largest absolute Gasteiger partial charge is 0.326 e. The molecule has 0 saturated carbocycles. The zero-order valence-corrected chi connectivity index (χ0v) is 14.5. The van der Waals surface area contributed by atoms with E-state index in [-0.39, 0.29) is 29.2 Å². The van der Waals surface area contributed by atoms with Gasteiger partial charge in [0.25, 0.3) is 5.69 Å². The maximum absolute atomic E-state index is 12.6. The molecule has 136 valence electrons. The number of benzene rings is 2. The topological polar surface area (TPSA) is 101 Å². The van der Waals surface area contributed by atoms with Gasteiger partial charge in [-0.05, 0) is 18.6 Å². The Balaban J connectivity index is 1.69. The van der Waals surface area contributed by atoms with Crippen LogP contribution in [0.3, 0.4) is 0 Å². The molecule has 1 saturated heterocycles. The first kappa shape index (κ1) is 18.0. The number of anilines is 1. The first-order valence-electron chi connectivity index (χ1n) is 8.56. The van der Waals surface area contributed by atoms with Crippen molar-refractivity contribution in [3.05, 3.63) is 70.3 Å². The van der Waals surface area contributed by atoms with Gasteiger partial charge in [0.15, 0.2) is 0 Å². The summed E-state index contributed by atoms with van der Waals surface area (Å²) in [6, 6.07) is 15.7. The number of nitro benzene ring substituents is 1. The van der Waals surface area contributed by atoms with E-state index in [1.54, 1.807) is 19.1 Å². The average molecular weight is 354 g/mol. The van der Waals surface area contributed by atoms with Gasteiger partial charge < -0.3 is 11.1 Å². The van der Waals surface area contributed by atoms with Crippen molar-refractivity contribution in [2.75, 3.05) is 18.4 Å². The first-order chi connectivity index (χ1) is 12.5. The maximum Gasteiger partial charge on any atom is 0.292 e. The zero-order chi connectivity index (χ0) is 18.7. The van der Waals surface area contributed by atoms with Crippen molar-refractivity contribution in [1.82, 2.24) is 4.90 Å². The number of rotatable bonds is 5. The van der Waals surface area contributed by atoms with Crippen molar-refractivity contribution >= 4 is 17.3 Å². The molecule has 2 aromatic carbocycles. The van der Waals surface area contributed by atoms with E-state index in [2.05, 4.69) is 5.32 Å². The van der Waals surface area contributed by atoms with E-state index >= 15 is 0 Å². The zero-order valence-electron chi connectivity index (χ0n) is 14.5. The van der Waals surface area contributed by atoms with Gasteiger partial charge in [-0.1, -0.05) is 42.5 Å². The predicted molar refractivity (Wildman–Crippen MR) is 99.9 cm³/mol. The fourth-order valence-electron chi connectivity index (χ4n) is 3.37. The van der Waals surface area contributed by atoms with Crippen LogP contribution < -0.4 is 11.1 Å². The number of nitrogens with one attached hydrogen (secondary N) is 1. The van der Waals surface area contributed by atoms with Gasteiger partial charge in [0.1, 0.15) is 5.69 Å². The average Bonchev–Trinajstić information content (AvgIpc) is 3.03. The van der Waals surface area contributed by atoms with E-state index in [9.17, 15) is 14.9 Å². The summed E-state index contributed by atoms with van der Waals surface area (Å²) in [7, 11) is 0. The number of carbonyl (C=O) groups excluding carboxylic acids is 1. The number of nitrogens with two attached hydrogens (primary N) is 1. The van der Waals surface area contributed by atoms with Crippen LogP contribution in [0, 0.1) is 10.1 Å². The minimum absolute atomic E-state index is 0.0567. The Morgan fingerprint density at radius 2 is 1.85 bits per heavy atom. The molecule has 26 heavy (non-hydrogen) atoms. The fraction of sp³-hybridized carbons (Fsp3) is 0.316. The van der Waals surface area contributed by atoms with Crippen molar-refractivity contribution in [2.45, 2.75) is 24.9 Å². The Kier molecular flexibility index (Phi) is 5.29. The second-order valence-corrected chi connectivity index (χ2v) is 6.57. The van der Waals surface area contributed by atoms with Crippen LogP contribution in [-0.4, -0.2) is 40.9 Å². The van der Waals surface area contributed by atoms with Crippen LogP contribution in [0.2, 0.25) is 0 Å². The smallest absolute Gasteiger partial charge is 0.292 e. The molecule has 1 aliphatic rings. The summed E-state index contributed by atoms with van der Waals surface area (Å²) in [6.07, 6.45) is 0. The molecule has 7 nitrogen and oxygen atoms in total.